The van der Waals surface area contributed by atoms with Crippen LogP contribution in [0.3, 0.4) is 0 Å². The van der Waals surface area contributed by atoms with E-state index in [0.29, 0.717) is 11.7 Å². The van der Waals surface area contributed by atoms with Crippen LogP contribution in [0, 0.1) is 6.92 Å². The van der Waals surface area contributed by atoms with Gasteiger partial charge in [-0.05, 0) is 75.1 Å². The molecule has 1 amide bonds. The average Bonchev–Trinajstić information content (AvgIpc) is 3.07. The first-order chi connectivity index (χ1) is 11.7. The number of carbonyl (C=O) groups is 1. The second-order valence-electron chi connectivity index (χ2n) is 6.88. The first kappa shape index (κ1) is 15.4. The molecular formula is C19H23N3O2. The van der Waals surface area contributed by atoms with E-state index in [-0.39, 0.29) is 11.9 Å². The summed E-state index contributed by atoms with van der Waals surface area (Å²) in [6, 6.07) is 6.12. The van der Waals surface area contributed by atoms with Gasteiger partial charge < -0.3 is 9.42 Å². The highest BCUT2D eigenvalue weighted by Crippen LogP contribution is 2.32. The van der Waals surface area contributed by atoms with Crippen molar-refractivity contribution in [3.63, 3.8) is 0 Å². The van der Waals surface area contributed by atoms with Crippen molar-refractivity contribution >= 4 is 5.91 Å². The van der Waals surface area contributed by atoms with E-state index >= 15 is 0 Å². The first-order valence-corrected chi connectivity index (χ1v) is 8.95. The molecule has 1 aliphatic carbocycles. The lowest BCUT2D eigenvalue weighted by Crippen LogP contribution is -2.38. The summed E-state index contributed by atoms with van der Waals surface area (Å²) >= 11 is 0. The van der Waals surface area contributed by atoms with E-state index in [2.05, 4.69) is 22.3 Å². The molecule has 0 bridgehead atoms. The van der Waals surface area contributed by atoms with Crippen LogP contribution in [0.25, 0.3) is 0 Å². The molecule has 0 spiro atoms. The zero-order valence-corrected chi connectivity index (χ0v) is 14.1. The molecule has 2 aromatic rings. The highest BCUT2D eigenvalue weighted by atomic mass is 16.5. The number of nitrogens with zero attached hydrogens (tertiary/aromatic N) is 3. The van der Waals surface area contributed by atoms with Gasteiger partial charge in [-0.25, -0.2) is 0 Å². The van der Waals surface area contributed by atoms with Gasteiger partial charge >= 0.3 is 0 Å². The van der Waals surface area contributed by atoms with Gasteiger partial charge in [-0.2, -0.15) is 4.98 Å². The second kappa shape index (κ2) is 6.38. The van der Waals surface area contributed by atoms with Crippen molar-refractivity contribution in [3.8, 4) is 0 Å². The number of aromatic nitrogens is 2. The third kappa shape index (κ3) is 2.83. The van der Waals surface area contributed by atoms with Crippen LogP contribution in [0.2, 0.25) is 0 Å². The lowest BCUT2D eigenvalue weighted by molar-refractivity contribution is 0.0561. The number of fused-ring (bicyclic) bond motifs is 1. The zero-order valence-electron chi connectivity index (χ0n) is 14.1. The maximum absolute atomic E-state index is 13.1. The van der Waals surface area contributed by atoms with E-state index in [9.17, 15) is 4.79 Å². The fourth-order valence-electron chi connectivity index (χ4n) is 3.91. The number of hydrogen-bond acceptors (Lipinski definition) is 4. The molecule has 1 fully saturated rings. The van der Waals surface area contributed by atoms with Crippen LogP contribution in [-0.2, 0) is 12.8 Å². The largest absolute Gasteiger partial charge is 0.337 e. The fraction of sp³-hybridized carbons (Fsp3) is 0.526. The van der Waals surface area contributed by atoms with Gasteiger partial charge in [-0.15, -0.1) is 0 Å². The zero-order chi connectivity index (χ0) is 16.5. The van der Waals surface area contributed by atoms with Gasteiger partial charge in [0.15, 0.2) is 5.82 Å². The molecule has 1 aromatic carbocycles. The Bertz CT molecular complexity index is 753. The number of hydrogen-bond donors (Lipinski definition) is 0. The van der Waals surface area contributed by atoms with Crippen LogP contribution in [-0.4, -0.2) is 27.5 Å². The highest BCUT2D eigenvalue weighted by Gasteiger charge is 2.32. The smallest absolute Gasteiger partial charge is 0.254 e. The minimum atomic E-state index is -0.0940. The summed E-state index contributed by atoms with van der Waals surface area (Å²) in [6.07, 6.45) is 7.70. The fourth-order valence-corrected chi connectivity index (χ4v) is 3.91. The summed E-state index contributed by atoms with van der Waals surface area (Å²) in [6.45, 7) is 2.56. The van der Waals surface area contributed by atoms with Crippen molar-refractivity contribution < 1.29 is 9.32 Å². The van der Waals surface area contributed by atoms with Gasteiger partial charge in [0.1, 0.15) is 6.04 Å². The topological polar surface area (TPSA) is 59.2 Å². The van der Waals surface area contributed by atoms with Crippen LogP contribution in [0.1, 0.15) is 71.3 Å². The van der Waals surface area contributed by atoms with Crippen molar-refractivity contribution in [2.75, 3.05) is 6.54 Å². The third-order valence-corrected chi connectivity index (χ3v) is 5.19. The molecule has 0 N–H and O–H groups in total. The second-order valence-corrected chi connectivity index (χ2v) is 6.88. The van der Waals surface area contributed by atoms with Gasteiger partial charge in [0.05, 0.1) is 0 Å². The number of benzene rings is 1. The Kier molecular flexibility index (Phi) is 4.08. The number of aryl methyl sites for hydroxylation is 3. The van der Waals surface area contributed by atoms with Crippen molar-refractivity contribution in [3.05, 3.63) is 46.6 Å². The summed E-state index contributed by atoms with van der Waals surface area (Å²) in [5, 5.41) is 3.89. The molecule has 1 unspecified atom stereocenters. The monoisotopic (exact) mass is 325 g/mol. The van der Waals surface area contributed by atoms with Gasteiger partial charge in [0, 0.05) is 12.1 Å². The molecule has 1 saturated heterocycles. The van der Waals surface area contributed by atoms with Gasteiger partial charge in [0.25, 0.3) is 5.91 Å². The average molecular weight is 325 g/mol. The Morgan fingerprint density at radius 1 is 1.17 bits per heavy atom. The maximum atomic E-state index is 13.1. The van der Waals surface area contributed by atoms with Crippen molar-refractivity contribution in [2.45, 2.75) is 57.9 Å². The highest BCUT2D eigenvalue weighted by molar-refractivity contribution is 5.94. The number of carbonyl (C=O) groups excluding carboxylic acids is 1. The van der Waals surface area contributed by atoms with E-state index in [1.54, 1.807) is 0 Å². The number of piperidine rings is 1. The van der Waals surface area contributed by atoms with E-state index < -0.39 is 0 Å². The van der Waals surface area contributed by atoms with E-state index in [4.69, 9.17) is 4.52 Å². The normalized spacial score (nSPS) is 20.7. The molecule has 4 rings (SSSR count). The molecule has 0 radical (unpaired) electrons. The Hall–Kier alpha value is -2.17. The van der Waals surface area contributed by atoms with Crippen LogP contribution in [0.4, 0.5) is 0 Å². The number of rotatable bonds is 2. The molecule has 5 heteroatoms. The Morgan fingerprint density at radius 2 is 2.00 bits per heavy atom. The number of likely N-dealkylation sites (tertiary alicyclic amines) is 1. The minimum Gasteiger partial charge on any atom is -0.337 e. The Morgan fingerprint density at radius 3 is 2.79 bits per heavy atom. The molecule has 2 heterocycles. The molecule has 126 valence electrons. The molecule has 24 heavy (non-hydrogen) atoms. The Labute approximate surface area is 142 Å². The van der Waals surface area contributed by atoms with Crippen LogP contribution < -0.4 is 0 Å². The standard InChI is InChI=1S/C19H23N3O2/c1-13-20-18(24-21-13)17-8-4-5-11-22(17)19(23)16-10-9-14-6-2-3-7-15(14)12-16/h9-10,12,17H,2-8,11H2,1H3. The molecule has 2 aliphatic rings. The maximum Gasteiger partial charge on any atom is 0.254 e. The van der Waals surface area contributed by atoms with Crippen molar-refractivity contribution in [1.82, 2.24) is 15.0 Å². The third-order valence-electron chi connectivity index (χ3n) is 5.19. The van der Waals surface area contributed by atoms with Gasteiger partial charge in [-0.1, -0.05) is 11.2 Å². The molecule has 1 aromatic heterocycles. The predicted octanol–water partition coefficient (Wildman–Crippen LogP) is 3.62. The minimum absolute atomic E-state index is 0.0870. The summed E-state index contributed by atoms with van der Waals surface area (Å²) in [4.78, 5) is 19.4. The molecule has 1 atom stereocenters. The lowest BCUT2D eigenvalue weighted by Gasteiger charge is -2.33. The first-order valence-electron chi connectivity index (χ1n) is 8.95. The van der Waals surface area contributed by atoms with Crippen LogP contribution >= 0.6 is 0 Å². The van der Waals surface area contributed by atoms with E-state index in [0.717, 1.165) is 44.2 Å². The number of amides is 1. The van der Waals surface area contributed by atoms with Gasteiger partial charge in [0.2, 0.25) is 5.89 Å². The molecule has 5 nitrogen and oxygen atoms in total. The van der Waals surface area contributed by atoms with Crippen molar-refractivity contribution in [2.24, 2.45) is 0 Å². The summed E-state index contributed by atoms with van der Waals surface area (Å²) < 4.78 is 5.36. The Balaban J connectivity index is 1.62. The van der Waals surface area contributed by atoms with Crippen LogP contribution in [0.5, 0.6) is 0 Å². The van der Waals surface area contributed by atoms with Gasteiger partial charge in [-0.3, -0.25) is 4.79 Å². The summed E-state index contributed by atoms with van der Waals surface area (Å²) in [5.74, 6) is 1.28. The van der Waals surface area contributed by atoms with E-state index in [1.165, 1.54) is 24.0 Å². The van der Waals surface area contributed by atoms with E-state index in [1.807, 2.05) is 17.9 Å². The predicted molar refractivity (Wildman–Crippen MR) is 89.7 cm³/mol. The van der Waals surface area contributed by atoms with Crippen molar-refractivity contribution in [1.29, 1.82) is 0 Å². The SMILES string of the molecule is Cc1noc(C2CCCCN2C(=O)c2ccc3c(c2)CCCC3)n1. The summed E-state index contributed by atoms with van der Waals surface area (Å²) in [5.41, 5.74) is 3.54. The quantitative estimate of drug-likeness (QED) is 0.846. The molecular weight excluding hydrogens is 302 g/mol. The lowest BCUT2D eigenvalue weighted by atomic mass is 9.90. The molecule has 0 saturated carbocycles. The summed E-state index contributed by atoms with van der Waals surface area (Å²) in [7, 11) is 0. The molecule has 1 aliphatic heterocycles. The van der Waals surface area contributed by atoms with Crippen LogP contribution in [0.15, 0.2) is 22.7 Å².